The molecule has 1 aliphatic carbocycles. The molecule has 2 aliphatic rings. The van der Waals surface area contributed by atoms with Gasteiger partial charge >= 0.3 is 0 Å². The molecule has 140 valence electrons. The zero-order valence-corrected chi connectivity index (χ0v) is 15.6. The van der Waals surface area contributed by atoms with Crippen molar-refractivity contribution in [2.45, 2.75) is 25.3 Å². The van der Waals surface area contributed by atoms with Crippen LogP contribution >= 0.6 is 11.6 Å². The average molecular weight is 393 g/mol. The first kappa shape index (κ1) is 17.0. The molecule has 1 aliphatic heterocycles. The van der Waals surface area contributed by atoms with Gasteiger partial charge in [-0.15, -0.1) is 5.10 Å². The zero-order valence-electron chi connectivity index (χ0n) is 14.9. The molecule has 5 rings (SSSR count). The zero-order chi connectivity index (χ0) is 19.3. The summed E-state index contributed by atoms with van der Waals surface area (Å²) in [5.74, 6) is 1.40. The normalized spacial score (nSPS) is 18.5. The number of hydrogen-bond acceptors (Lipinski definition) is 5. The Kier molecular flexibility index (Phi) is 3.94. The molecular formula is C21H17ClN4O2. The second kappa shape index (κ2) is 6.49. The number of nitrogens with zero attached hydrogens (tertiary/aromatic N) is 3. The predicted octanol–water partition coefficient (Wildman–Crippen LogP) is 4.33. The van der Waals surface area contributed by atoms with E-state index in [9.17, 15) is 9.90 Å². The van der Waals surface area contributed by atoms with Gasteiger partial charge in [-0.3, -0.25) is 4.79 Å². The van der Waals surface area contributed by atoms with E-state index in [0.29, 0.717) is 28.8 Å². The maximum Gasteiger partial charge on any atom is 0.226 e. The summed E-state index contributed by atoms with van der Waals surface area (Å²) in [6.45, 7) is 0. The number of allylic oxidation sites excluding steroid dienone is 2. The lowest BCUT2D eigenvalue weighted by atomic mass is 9.85. The van der Waals surface area contributed by atoms with Gasteiger partial charge in [0.15, 0.2) is 11.6 Å². The van der Waals surface area contributed by atoms with Crippen LogP contribution in [0.5, 0.6) is 5.75 Å². The summed E-state index contributed by atoms with van der Waals surface area (Å²) in [6, 6.07) is 13.8. The number of halogens is 1. The van der Waals surface area contributed by atoms with Gasteiger partial charge in [0.25, 0.3) is 0 Å². The molecule has 0 bridgehead atoms. The van der Waals surface area contributed by atoms with E-state index in [1.54, 1.807) is 28.9 Å². The number of carbonyl (C=O) groups is 1. The molecule has 2 aromatic carbocycles. The molecule has 1 aromatic heterocycles. The SMILES string of the molecule is O=C1CCCC2=C1C(c1ccccc1Cl)n1nc(-c3ccc(O)cc3)nc1N2. The van der Waals surface area contributed by atoms with E-state index in [0.717, 1.165) is 29.7 Å². The molecule has 0 fully saturated rings. The van der Waals surface area contributed by atoms with Gasteiger partial charge in [0.05, 0.1) is 0 Å². The van der Waals surface area contributed by atoms with E-state index in [4.69, 9.17) is 16.7 Å². The summed E-state index contributed by atoms with van der Waals surface area (Å²) >= 11 is 6.50. The Morgan fingerprint density at radius 3 is 2.68 bits per heavy atom. The molecule has 28 heavy (non-hydrogen) atoms. The number of phenolic OH excluding ortho intramolecular Hbond substituents is 1. The molecule has 1 atom stereocenters. The number of Topliss-reactive ketones (excluding diaryl/α,β-unsaturated/α-hetero) is 1. The lowest BCUT2D eigenvalue weighted by molar-refractivity contribution is -0.116. The van der Waals surface area contributed by atoms with Gasteiger partial charge in [0.2, 0.25) is 5.95 Å². The standard InChI is InChI=1S/C21H17ClN4O2/c22-15-5-2-1-4-14(15)19-18-16(6-3-7-17(18)28)23-21-24-20(25-26(19)21)12-8-10-13(27)11-9-12/h1-2,4-5,8-11,19,27H,3,6-7H2,(H,23,24,25). The molecule has 0 amide bonds. The van der Waals surface area contributed by atoms with Crippen molar-refractivity contribution < 1.29 is 9.90 Å². The number of nitrogens with one attached hydrogen (secondary N) is 1. The third-order valence-electron chi connectivity index (χ3n) is 5.19. The summed E-state index contributed by atoms with van der Waals surface area (Å²) in [6.07, 6.45) is 2.14. The lowest BCUT2D eigenvalue weighted by Crippen LogP contribution is -2.31. The molecule has 0 saturated heterocycles. The van der Waals surface area contributed by atoms with Gasteiger partial charge in [-0.05, 0) is 43.2 Å². The van der Waals surface area contributed by atoms with Crippen LogP contribution in [0.3, 0.4) is 0 Å². The smallest absolute Gasteiger partial charge is 0.226 e. The number of aromatic nitrogens is 3. The van der Waals surface area contributed by atoms with Crippen LogP contribution in [0.1, 0.15) is 30.9 Å². The van der Waals surface area contributed by atoms with E-state index < -0.39 is 6.04 Å². The minimum absolute atomic E-state index is 0.117. The van der Waals surface area contributed by atoms with E-state index in [-0.39, 0.29) is 11.5 Å². The van der Waals surface area contributed by atoms with Crippen molar-refractivity contribution in [3.8, 4) is 17.1 Å². The van der Waals surface area contributed by atoms with E-state index >= 15 is 0 Å². The number of rotatable bonds is 2. The number of fused-ring (bicyclic) bond motifs is 1. The molecule has 6 nitrogen and oxygen atoms in total. The highest BCUT2D eigenvalue weighted by molar-refractivity contribution is 6.31. The fraction of sp³-hybridized carbons (Fsp3) is 0.190. The molecule has 2 N–H and O–H groups in total. The van der Waals surface area contributed by atoms with Crippen LogP contribution in [0.15, 0.2) is 59.8 Å². The van der Waals surface area contributed by atoms with Gasteiger partial charge in [0, 0.05) is 33.8 Å². The highest BCUT2D eigenvalue weighted by Gasteiger charge is 2.37. The second-order valence-electron chi connectivity index (χ2n) is 6.97. The number of ketones is 1. The second-order valence-corrected chi connectivity index (χ2v) is 7.38. The fourth-order valence-corrected chi connectivity index (χ4v) is 4.11. The van der Waals surface area contributed by atoms with E-state index in [1.165, 1.54) is 0 Å². The summed E-state index contributed by atoms with van der Waals surface area (Å²) in [5.41, 5.74) is 3.23. The predicted molar refractivity (Wildman–Crippen MR) is 106 cm³/mol. The van der Waals surface area contributed by atoms with Gasteiger partial charge in [-0.25, -0.2) is 4.68 Å². The first-order chi connectivity index (χ1) is 13.6. The quantitative estimate of drug-likeness (QED) is 0.678. The van der Waals surface area contributed by atoms with Crippen molar-refractivity contribution >= 4 is 23.3 Å². The Morgan fingerprint density at radius 1 is 1.11 bits per heavy atom. The Bertz CT molecular complexity index is 1120. The Balaban J connectivity index is 1.69. The third-order valence-corrected chi connectivity index (χ3v) is 5.54. The van der Waals surface area contributed by atoms with E-state index in [1.807, 2.05) is 24.3 Å². The van der Waals surface area contributed by atoms with Crippen LogP contribution in [-0.4, -0.2) is 25.7 Å². The number of carbonyl (C=O) groups excluding carboxylic acids is 1. The number of aromatic hydroxyl groups is 1. The number of anilines is 1. The summed E-state index contributed by atoms with van der Waals surface area (Å²) < 4.78 is 1.74. The van der Waals surface area contributed by atoms with Crippen LogP contribution in [0.2, 0.25) is 5.02 Å². The number of hydrogen-bond donors (Lipinski definition) is 2. The fourth-order valence-electron chi connectivity index (χ4n) is 3.87. The molecular weight excluding hydrogens is 376 g/mol. The topological polar surface area (TPSA) is 80.0 Å². The largest absolute Gasteiger partial charge is 0.508 e. The Morgan fingerprint density at radius 2 is 1.89 bits per heavy atom. The molecule has 1 unspecified atom stereocenters. The van der Waals surface area contributed by atoms with Crippen LogP contribution in [-0.2, 0) is 4.79 Å². The third kappa shape index (κ3) is 2.68. The van der Waals surface area contributed by atoms with Gasteiger partial charge in [-0.1, -0.05) is 29.8 Å². The molecule has 0 radical (unpaired) electrons. The van der Waals surface area contributed by atoms with Crippen LogP contribution < -0.4 is 5.32 Å². The minimum Gasteiger partial charge on any atom is -0.508 e. The van der Waals surface area contributed by atoms with E-state index in [2.05, 4.69) is 10.3 Å². The molecule has 7 heteroatoms. The highest BCUT2D eigenvalue weighted by Crippen LogP contribution is 2.42. The summed E-state index contributed by atoms with van der Waals surface area (Å²) in [7, 11) is 0. The van der Waals surface area contributed by atoms with Crippen molar-refractivity contribution in [3.05, 3.63) is 70.4 Å². The van der Waals surface area contributed by atoms with Crippen molar-refractivity contribution in [2.24, 2.45) is 0 Å². The van der Waals surface area contributed by atoms with Crippen LogP contribution in [0, 0.1) is 0 Å². The first-order valence-electron chi connectivity index (χ1n) is 9.15. The van der Waals surface area contributed by atoms with Gasteiger partial charge in [0.1, 0.15) is 11.8 Å². The van der Waals surface area contributed by atoms with Crippen molar-refractivity contribution in [1.29, 1.82) is 0 Å². The van der Waals surface area contributed by atoms with Gasteiger partial charge < -0.3 is 10.4 Å². The minimum atomic E-state index is -0.411. The van der Waals surface area contributed by atoms with Crippen molar-refractivity contribution in [3.63, 3.8) is 0 Å². The molecule has 2 heterocycles. The highest BCUT2D eigenvalue weighted by atomic mass is 35.5. The molecule has 0 saturated carbocycles. The maximum absolute atomic E-state index is 12.8. The number of phenols is 1. The van der Waals surface area contributed by atoms with Crippen molar-refractivity contribution in [2.75, 3.05) is 5.32 Å². The maximum atomic E-state index is 12.8. The first-order valence-corrected chi connectivity index (χ1v) is 9.53. The molecule has 0 spiro atoms. The van der Waals surface area contributed by atoms with Crippen molar-refractivity contribution in [1.82, 2.24) is 14.8 Å². The van der Waals surface area contributed by atoms with Gasteiger partial charge in [-0.2, -0.15) is 4.98 Å². The Labute approximate surface area is 166 Å². The van der Waals surface area contributed by atoms with Crippen LogP contribution in [0.4, 0.5) is 5.95 Å². The monoisotopic (exact) mass is 392 g/mol. The Hall–Kier alpha value is -3.12. The summed E-state index contributed by atoms with van der Waals surface area (Å²) in [5, 5.41) is 18.1. The average Bonchev–Trinajstić information content (AvgIpc) is 3.11. The summed E-state index contributed by atoms with van der Waals surface area (Å²) in [4.78, 5) is 17.5. The number of benzene rings is 2. The molecule has 3 aromatic rings. The lowest BCUT2D eigenvalue weighted by Gasteiger charge is -2.32. The van der Waals surface area contributed by atoms with Crippen LogP contribution in [0.25, 0.3) is 11.4 Å².